The zero-order valence-corrected chi connectivity index (χ0v) is 19.9. The average molecular weight is 502 g/mol. The van der Waals surface area contributed by atoms with Crippen molar-refractivity contribution in [3.8, 4) is 0 Å². The first kappa shape index (κ1) is 24.7. The van der Waals surface area contributed by atoms with E-state index in [1.165, 1.54) is 11.1 Å². The van der Waals surface area contributed by atoms with Crippen LogP contribution in [0.3, 0.4) is 0 Å². The van der Waals surface area contributed by atoms with Crippen LogP contribution < -0.4 is 5.32 Å². The summed E-state index contributed by atoms with van der Waals surface area (Å²) in [6.45, 7) is 8.49. The van der Waals surface area contributed by atoms with Gasteiger partial charge < -0.3 is 19.9 Å². The summed E-state index contributed by atoms with van der Waals surface area (Å²) < 4.78 is 5.16. The second kappa shape index (κ2) is 13.0. The number of benzene rings is 1. The highest BCUT2D eigenvalue weighted by Crippen LogP contribution is 2.19. The fourth-order valence-corrected chi connectivity index (χ4v) is 3.29. The molecule has 1 aromatic rings. The van der Waals surface area contributed by atoms with Gasteiger partial charge in [-0.2, -0.15) is 0 Å². The van der Waals surface area contributed by atoms with E-state index in [0.717, 1.165) is 45.0 Å². The lowest BCUT2D eigenvalue weighted by atomic mass is 9.97. The lowest BCUT2D eigenvalue weighted by Crippen LogP contribution is -2.46. The van der Waals surface area contributed by atoms with Crippen molar-refractivity contribution in [2.45, 2.75) is 39.8 Å². The van der Waals surface area contributed by atoms with Crippen LogP contribution in [0.4, 0.5) is 0 Å². The number of hydrogen-bond donors (Lipinski definition) is 1. The van der Waals surface area contributed by atoms with Crippen molar-refractivity contribution in [1.29, 1.82) is 0 Å². The molecule has 0 saturated carbocycles. The Morgan fingerprint density at radius 2 is 1.79 bits per heavy atom. The summed E-state index contributed by atoms with van der Waals surface area (Å²) in [6, 6.07) is 8.64. The molecule has 0 atom stereocenters. The van der Waals surface area contributed by atoms with Crippen LogP contribution in [0.1, 0.15) is 37.8 Å². The van der Waals surface area contributed by atoms with Crippen LogP contribution in [0.2, 0.25) is 0 Å². The molecule has 0 spiro atoms. The van der Waals surface area contributed by atoms with Gasteiger partial charge in [-0.25, -0.2) is 4.99 Å². The van der Waals surface area contributed by atoms with Crippen LogP contribution in [0, 0.1) is 5.92 Å². The molecular weight excluding hydrogens is 467 g/mol. The number of nitrogens with one attached hydrogen (secondary N) is 1. The molecule has 0 bridgehead atoms. The van der Waals surface area contributed by atoms with Gasteiger partial charge >= 0.3 is 5.97 Å². The maximum Gasteiger partial charge on any atom is 0.309 e. The highest BCUT2D eigenvalue weighted by Gasteiger charge is 2.27. The fraction of sp³-hybridized carbons (Fsp3) is 0.619. The van der Waals surface area contributed by atoms with E-state index < -0.39 is 0 Å². The number of rotatable bonds is 7. The molecule has 28 heavy (non-hydrogen) atoms. The van der Waals surface area contributed by atoms with E-state index in [9.17, 15) is 4.79 Å². The SMILES string of the molecule is CCNC(=NCc1ccc(CN(C)C)cc1)N1CCC(C(=O)OCC)CC1.I. The minimum absolute atomic E-state index is 0. The van der Waals surface area contributed by atoms with Gasteiger partial charge in [-0.05, 0) is 51.9 Å². The van der Waals surface area contributed by atoms with Gasteiger partial charge in [-0.3, -0.25) is 4.79 Å². The molecule has 1 aliphatic heterocycles. The second-order valence-electron chi connectivity index (χ2n) is 7.24. The van der Waals surface area contributed by atoms with E-state index in [1.54, 1.807) is 0 Å². The van der Waals surface area contributed by atoms with Gasteiger partial charge in [-0.15, -0.1) is 24.0 Å². The third kappa shape index (κ3) is 7.95. The Balaban J connectivity index is 0.00000392. The fourth-order valence-electron chi connectivity index (χ4n) is 3.29. The van der Waals surface area contributed by atoms with Gasteiger partial charge in [0.15, 0.2) is 5.96 Å². The number of carbonyl (C=O) groups excluding carboxylic acids is 1. The van der Waals surface area contributed by atoms with Crippen LogP contribution in [0.25, 0.3) is 0 Å². The second-order valence-corrected chi connectivity index (χ2v) is 7.24. The molecule has 1 fully saturated rings. The molecule has 6 nitrogen and oxygen atoms in total. The summed E-state index contributed by atoms with van der Waals surface area (Å²) >= 11 is 0. The molecule has 0 unspecified atom stereocenters. The molecule has 1 N–H and O–H groups in total. The largest absolute Gasteiger partial charge is 0.466 e. The minimum atomic E-state index is -0.0584. The van der Waals surface area contributed by atoms with Gasteiger partial charge in [0.1, 0.15) is 0 Å². The van der Waals surface area contributed by atoms with E-state index in [1.807, 2.05) is 6.92 Å². The van der Waals surface area contributed by atoms with Crippen molar-refractivity contribution >= 4 is 35.9 Å². The predicted octanol–water partition coefficient (Wildman–Crippen LogP) is 3.11. The highest BCUT2D eigenvalue weighted by atomic mass is 127. The smallest absolute Gasteiger partial charge is 0.309 e. The van der Waals surface area contributed by atoms with Crippen molar-refractivity contribution in [1.82, 2.24) is 15.1 Å². The number of piperidine rings is 1. The zero-order valence-electron chi connectivity index (χ0n) is 17.6. The lowest BCUT2D eigenvalue weighted by Gasteiger charge is -2.33. The molecule has 158 valence electrons. The standard InChI is InChI=1S/C21H34N4O2.HI/c1-5-22-21(25-13-11-19(12-14-25)20(26)27-6-2)23-15-17-7-9-18(10-8-17)16-24(3)4;/h7-10,19H,5-6,11-16H2,1-4H3,(H,22,23);1H. The Hall–Kier alpha value is -1.35. The van der Waals surface area contributed by atoms with Crippen LogP contribution in [0.5, 0.6) is 0 Å². The molecular formula is C21H35IN4O2. The lowest BCUT2D eigenvalue weighted by molar-refractivity contribution is -0.149. The average Bonchev–Trinajstić information content (AvgIpc) is 2.66. The van der Waals surface area contributed by atoms with Crippen LogP contribution in [-0.2, 0) is 22.6 Å². The van der Waals surface area contributed by atoms with E-state index in [0.29, 0.717) is 13.2 Å². The number of ether oxygens (including phenoxy) is 1. The molecule has 1 aromatic carbocycles. The molecule has 0 aliphatic carbocycles. The van der Waals surface area contributed by atoms with Crippen LogP contribution in [0.15, 0.2) is 29.3 Å². The maximum atomic E-state index is 11.9. The summed E-state index contributed by atoms with van der Waals surface area (Å²) in [4.78, 5) is 21.1. The van der Waals surface area contributed by atoms with E-state index >= 15 is 0 Å². The summed E-state index contributed by atoms with van der Waals surface area (Å²) in [5, 5.41) is 3.38. The Morgan fingerprint density at radius 1 is 1.18 bits per heavy atom. The molecule has 1 heterocycles. The van der Waals surface area contributed by atoms with E-state index in [2.05, 4.69) is 60.4 Å². The van der Waals surface area contributed by atoms with Crippen molar-refractivity contribution in [2.24, 2.45) is 10.9 Å². The molecule has 0 radical (unpaired) electrons. The number of halogens is 1. The molecule has 0 aromatic heterocycles. The summed E-state index contributed by atoms with van der Waals surface area (Å²) in [6.07, 6.45) is 1.64. The van der Waals surface area contributed by atoms with Crippen molar-refractivity contribution in [3.63, 3.8) is 0 Å². The number of carbonyl (C=O) groups is 1. The molecule has 7 heteroatoms. The van der Waals surface area contributed by atoms with E-state index in [4.69, 9.17) is 9.73 Å². The number of esters is 1. The number of aliphatic imine (C=N–C) groups is 1. The number of guanidine groups is 1. The zero-order chi connectivity index (χ0) is 19.6. The Kier molecular flexibility index (Phi) is 11.4. The Morgan fingerprint density at radius 3 is 2.32 bits per heavy atom. The first-order chi connectivity index (χ1) is 13.0. The topological polar surface area (TPSA) is 57.2 Å². The summed E-state index contributed by atoms with van der Waals surface area (Å²) in [5.41, 5.74) is 2.51. The van der Waals surface area contributed by atoms with Crippen molar-refractivity contribution < 1.29 is 9.53 Å². The Labute approximate surface area is 186 Å². The first-order valence-corrected chi connectivity index (χ1v) is 9.95. The van der Waals surface area contributed by atoms with Crippen molar-refractivity contribution in [2.75, 3.05) is 40.3 Å². The maximum absolute atomic E-state index is 11.9. The molecule has 1 saturated heterocycles. The Bertz CT molecular complexity index is 611. The van der Waals surface area contributed by atoms with Gasteiger partial charge in [0, 0.05) is 26.2 Å². The molecule has 1 aliphatic rings. The number of hydrogen-bond acceptors (Lipinski definition) is 4. The third-order valence-electron chi connectivity index (χ3n) is 4.68. The molecule has 2 rings (SSSR count). The first-order valence-electron chi connectivity index (χ1n) is 9.95. The van der Waals surface area contributed by atoms with Crippen molar-refractivity contribution in [3.05, 3.63) is 35.4 Å². The number of nitrogens with zero attached hydrogens (tertiary/aromatic N) is 3. The predicted molar refractivity (Wildman–Crippen MR) is 125 cm³/mol. The molecule has 0 amide bonds. The highest BCUT2D eigenvalue weighted by molar-refractivity contribution is 14.0. The van der Waals surface area contributed by atoms with Crippen LogP contribution >= 0.6 is 24.0 Å². The van der Waals surface area contributed by atoms with E-state index in [-0.39, 0.29) is 35.9 Å². The van der Waals surface area contributed by atoms with Gasteiger partial charge in [0.2, 0.25) is 0 Å². The summed E-state index contributed by atoms with van der Waals surface area (Å²) in [7, 11) is 4.15. The van der Waals surface area contributed by atoms with Gasteiger partial charge in [-0.1, -0.05) is 24.3 Å². The van der Waals surface area contributed by atoms with Crippen LogP contribution in [-0.4, -0.2) is 62.1 Å². The quantitative estimate of drug-likeness (QED) is 0.269. The number of likely N-dealkylation sites (tertiary alicyclic amines) is 1. The van der Waals surface area contributed by atoms with Gasteiger partial charge in [0.05, 0.1) is 19.1 Å². The monoisotopic (exact) mass is 502 g/mol. The third-order valence-corrected chi connectivity index (χ3v) is 4.68. The van der Waals surface area contributed by atoms with Gasteiger partial charge in [0.25, 0.3) is 0 Å². The minimum Gasteiger partial charge on any atom is -0.466 e. The summed E-state index contributed by atoms with van der Waals surface area (Å²) in [5.74, 6) is 0.891. The normalized spacial score (nSPS) is 15.3.